The zero-order valence-electron chi connectivity index (χ0n) is 16.8. The number of nitrogens with one attached hydrogen (secondary N) is 1. The number of H-pyrrole nitrogens is 1. The van der Waals surface area contributed by atoms with Crippen molar-refractivity contribution in [2.45, 2.75) is 52.4 Å². The summed E-state index contributed by atoms with van der Waals surface area (Å²) < 4.78 is 0. The van der Waals surface area contributed by atoms with Gasteiger partial charge in [-0.3, -0.25) is 9.59 Å². The lowest BCUT2D eigenvalue weighted by molar-refractivity contribution is -0.143. The topological polar surface area (TPSA) is 107 Å². The van der Waals surface area contributed by atoms with Gasteiger partial charge in [0, 0.05) is 55.8 Å². The maximum Gasteiger partial charge on any atom is 0.345 e. The highest BCUT2D eigenvalue weighted by Crippen LogP contribution is 2.39. The molecule has 28 heavy (non-hydrogen) atoms. The van der Waals surface area contributed by atoms with Gasteiger partial charge in [-0.15, -0.1) is 0 Å². The smallest absolute Gasteiger partial charge is 0.345 e. The number of aliphatic hydroxyl groups is 1. The molecule has 2 N–H and O–H groups in total. The molecule has 1 atom stereocenters. The van der Waals surface area contributed by atoms with Crippen LogP contribution in [0.5, 0.6) is 0 Å². The molecule has 0 bridgehead atoms. The van der Waals surface area contributed by atoms with Crippen LogP contribution in [0.2, 0.25) is 0 Å². The van der Waals surface area contributed by atoms with Crippen molar-refractivity contribution >= 4 is 11.8 Å². The molecule has 0 aromatic carbocycles. The average molecular weight is 390 g/mol. The van der Waals surface area contributed by atoms with Gasteiger partial charge in [-0.2, -0.15) is 4.98 Å². The fourth-order valence-corrected chi connectivity index (χ4v) is 4.69. The van der Waals surface area contributed by atoms with Crippen LogP contribution in [0.15, 0.2) is 4.79 Å². The molecule has 1 spiro atoms. The van der Waals surface area contributed by atoms with Gasteiger partial charge in [-0.25, -0.2) is 4.79 Å². The van der Waals surface area contributed by atoms with Crippen molar-refractivity contribution in [1.29, 1.82) is 0 Å². The molecule has 2 amide bonds. The number of carbonyl (C=O) groups is 2. The summed E-state index contributed by atoms with van der Waals surface area (Å²) in [5, 5.41) is 9.22. The van der Waals surface area contributed by atoms with E-state index >= 15 is 0 Å². The van der Waals surface area contributed by atoms with Crippen molar-refractivity contribution in [3.63, 3.8) is 0 Å². The summed E-state index contributed by atoms with van der Waals surface area (Å²) in [6.07, 6.45) is 4.17. The monoisotopic (exact) mass is 390 g/mol. The third kappa shape index (κ3) is 4.43. The van der Waals surface area contributed by atoms with Crippen molar-refractivity contribution in [3.05, 3.63) is 27.4 Å². The number of amides is 2. The van der Waals surface area contributed by atoms with Gasteiger partial charge in [0.2, 0.25) is 11.8 Å². The van der Waals surface area contributed by atoms with Gasteiger partial charge in [0.15, 0.2) is 0 Å². The second kappa shape index (κ2) is 8.43. The molecule has 0 saturated carbocycles. The van der Waals surface area contributed by atoms with E-state index in [-0.39, 0.29) is 29.5 Å². The molecular weight excluding hydrogens is 360 g/mol. The van der Waals surface area contributed by atoms with Crippen LogP contribution in [-0.4, -0.2) is 69.5 Å². The molecule has 2 aliphatic rings. The second-order valence-electron chi connectivity index (χ2n) is 8.19. The van der Waals surface area contributed by atoms with Crippen LogP contribution in [0.1, 0.15) is 49.1 Å². The first-order chi connectivity index (χ1) is 13.3. The third-order valence-electron chi connectivity index (χ3n) is 6.17. The Morgan fingerprint density at radius 2 is 2.04 bits per heavy atom. The Balaban J connectivity index is 1.63. The lowest BCUT2D eigenvalue weighted by atomic mass is 9.73. The number of nitrogens with zero attached hydrogens (tertiary/aromatic N) is 3. The van der Waals surface area contributed by atoms with E-state index in [1.807, 2.05) is 11.8 Å². The Kier molecular flexibility index (Phi) is 6.17. The Labute approximate surface area is 164 Å². The van der Waals surface area contributed by atoms with E-state index in [1.165, 1.54) is 0 Å². The molecule has 154 valence electrons. The molecule has 8 nitrogen and oxygen atoms in total. The standard InChI is InChI=1S/C20H30N4O4/c1-14-16(15(2)22-19(28)21-14)4-5-17(26)23-9-3-7-20(12-23)8-6-18(27)24(13-20)10-11-25/h25H,3-13H2,1-2H3,(H,21,22,28)/t20-/m0/s1. The molecule has 3 heterocycles. The number of rotatable bonds is 5. The van der Waals surface area contributed by atoms with E-state index in [4.69, 9.17) is 0 Å². The number of piperidine rings is 2. The molecule has 3 rings (SSSR count). The highest BCUT2D eigenvalue weighted by molar-refractivity contribution is 5.78. The summed E-state index contributed by atoms with van der Waals surface area (Å²) in [5.74, 6) is 0.203. The second-order valence-corrected chi connectivity index (χ2v) is 8.19. The van der Waals surface area contributed by atoms with E-state index in [2.05, 4.69) is 9.97 Å². The van der Waals surface area contributed by atoms with E-state index in [1.54, 1.807) is 11.8 Å². The number of hydrogen-bond donors (Lipinski definition) is 2. The molecular formula is C20H30N4O4. The van der Waals surface area contributed by atoms with Gasteiger partial charge in [-0.1, -0.05) is 0 Å². The molecule has 1 aromatic rings. The molecule has 2 fully saturated rings. The zero-order chi connectivity index (χ0) is 20.3. The molecule has 2 saturated heterocycles. The summed E-state index contributed by atoms with van der Waals surface area (Å²) in [6.45, 7) is 6.01. The zero-order valence-corrected chi connectivity index (χ0v) is 16.8. The minimum Gasteiger partial charge on any atom is -0.395 e. The van der Waals surface area contributed by atoms with Crippen LogP contribution in [0.3, 0.4) is 0 Å². The maximum atomic E-state index is 12.9. The van der Waals surface area contributed by atoms with Gasteiger partial charge in [-0.05, 0) is 45.1 Å². The third-order valence-corrected chi connectivity index (χ3v) is 6.17. The minimum atomic E-state index is -0.359. The summed E-state index contributed by atoms with van der Waals surface area (Å²) in [6, 6.07) is 0. The van der Waals surface area contributed by atoms with Crippen molar-refractivity contribution < 1.29 is 14.7 Å². The van der Waals surface area contributed by atoms with E-state index in [0.29, 0.717) is 44.6 Å². The molecule has 8 heteroatoms. The number of aliphatic hydroxyl groups excluding tert-OH is 1. The van der Waals surface area contributed by atoms with Crippen molar-refractivity contribution in [2.75, 3.05) is 32.8 Å². The van der Waals surface area contributed by atoms with Crippen LogP contribution in [0.4, 0.5) is 0 Å². The molecule has 0 aliphatic carbocycles. The fraction of sp³-hybridized carbons (Fsp3) is 0.700. The van der Waals surface area contributed by atoms with Gasteiger partial charge in [0.05, 0.1) is 6.61 Å². The Morgan fingerprint density at radius 3 is 2.75 bits per heavy atom. The molecule has 2 aliphatic heterocycles. The lowest BCUT2D eigenvalue weighted by Gasteiger charge is -2.48. The fourth-order valence-electron chi connectivity index (χ4n) is 4.69. The van der Waals surface area contributed by atoms with Crippen LogP contribution in [0.25, 0.3) is 0 Å². The van der Waals surface area contributed by atoms with Crippen LogP contribution in [-0.2, 0) is 16.0 Å². The lowest BCUT2D eigenvalue weighted by Crippen LogP contribution is -2.55. The normalized spacial score (nSPS) is 22.8. The quantitative estimate of drug-likeness (QED) is 0.763. The number of carbonyl (C=O) groups excluding carboxylic acids is 2. The average Bonchev–Trinajstić information content (AvgIpc) is 2.64. The van der Waals surface area contributed by atoms with E-state index in [9.17, 15) is 19.5 Å². The first-order valence-electron chi connectivity index (χ1n) is 10.1. The SMILES string of the molecule is Cc1nc(=O)[nH]c(C)c1CCC(=O)N1CCC[C@]2(CCC(=O)N(CCO)C2)C1. The van der Waals surface area contributed by atoms with Crippen molar-refractivity contribution in [1.82, 2.24) is 19.8 Å². The molecule has 0 unspecified atom stereocenters. The summed E-state index contributed by atoms with van der Waals surface area (Å²) >= 11 is 0. The number of aromatic amines is 1. The number of aromatic nitrogens is 2. The minimum absolute atomic E-state index is 0.0314. The van der Waals surface area contributed by atoms with E-state index in [0.717, 1.165) is 37.1 Å². The highest BCUT2D eigenvalue weighted by Gasteiger charge is 2.42. The predicted octanol–water partition coefficient (Wildman–Crippen LogP) is 0.543. The molecule has 0 radical (unpaired) electrons. The number of hydrogen-bond acceptors (Lipinski definition) is 5. The number of likely N-dealkylation sites (tertiary alicyclic amines) is 2. The van der Waals surface area contributed by atoms with Crippen LogP contribution >= 0.6 is 0 Å². The predicted molar refractivity (Wildman–Crippen MR) is 104 cm³/mol. The first-order valence-corrected chi connectivity index (χ1v) is 10.1. The molecule has 1 aromatic heterocycles. The Hall–Kier alpha value is -2.22. The maximum absolute atomic E-state index is 12.9. The van der Waals surface area contributed by atoms with Gasteiger partial charge in [0.1, 0.15) is 0 Å². The van der Waals surface area contributed by atoms with Crippen LogP contribution < -0.4 is 5.69 Å². The summed E-state index contributed by atoms with van der Waals surface area (Å²) in [5.41, 5.74) is 1.96. The Morgan fingerprint density at radius 1 is 1.25 bits per heavy atom. The van der Waals surface area contributed by atoms with Crippen molar-refractivity contribution in [2.24, 2.45) is 5.41 Å². The van der Waals surface area contributed by atoms with Gasteiger partial charge >= 0.3 is 5.69 Å². The van der Waals surface area contributed by atoms with Crippen LogP contribution in [0, 0.1) is 19.3 Å². The Bertz CT molecular complexity index is 780. The summed E-state index contributed by atoms with van der Waals surface area (Å²) in [7, 11) is 0. The first kappa shape index (κ1) is 20.5. The van der Waals surface area contributed by atoms with Gasteiger partial charge in [0.25, 0.3) is 0 Å². The summed E-state index contributed by atoms with van der Waals surface area (Å²) in [4.78, 5) is 46.7. The van der Waals surface area contributed by atoms with Gasteiger partial charge < -0.3 is 19.9 Å². The number of aryl methyl sites for hydroxylation is 2. The highest BCUT2D eigenvalue weighted by atomic mass is 16.3. The van der Waals surface area contributed by atoms with Crippen molar-refractivity contribution in [3.8, 4) is 0 Å². The number of β-amino-alcohol motifs (C(OH)–C–C–N with tert-alkyl or cyclic N) is 1. The largest absolute Gasteiger partial charge is 0.395 e. The van der Waals surface area contributed by atoms with E-state index < -0.39 is 0 Å².